The highest BCUT2D eigenvalue weighted by atomic mass is 35.5. The highest BCUT2D eigenvalue weighted by Crippen LogP contribution is 2.38. The van der Waals surface area contributed by atoms with Gasteiger partial charge >= 0.3 is 0 Å². The molecule has 1 aromatic carbocycles. The van der Waals surface area contributed by atoms with Crippen LogP contribution in [0.1, 0.15) is 11.1 Å². The van der Waals surface area contributed by atoms with Gasteiger partial charge in [0, 0.05) is 69.2 Å². The molecule has 4 heterocycles. The van der Waals surface area contributed by atoms with Gasteiger partial charge in [0.2, 0.25) is 0 Å². The first kappa shape index (κ1) is 21.8. The van der Waals surface area contributed by atoms with Crippen molar-refractivity contribution in [3.8, 4) is 11.3 Å². The average Bonchev–Trinajstić information content (AvgIpc) is 2.85. The molecular weight excluding hydrogens is 448 g/mol. The molecule has 0 atom stereocenters. The third-order valence-electron chi connectivity index (χ3n) is 6.15. The summed E-state index contributed by atoms with van der Waals surface area (Å²) >= 11 is 6.10. The summed E-state index contributed by atoms with van der Waals surface area (Å²) in [4.78, 5) is 17.8. The number of piperazine rings is 1. The first-order chi connectivity index (χ1) is 16.0. The van der Waals surface area contributed by atoms with Crippen molar-refractivity contribution in [2.45, 2.75) is 13.5 Å². The van der Waals surface area contributed by atoms with Crippen molar-refractivity contribution >= 4 is 28.9 Å². The lowest BCUT2D eigenvalue weighted by Crippen LogP contribution is -2.43. The fraction of sp³-hybridized carbons (Fsp3) is 0.348. The maximum atomic E-state index is 14.5. The molecule has 1 saturated heterocycles. The molecule has 3 aromatic rings. The van der Waals surface area contributed by atoms with Crippen LogP contribution in [0.15, 0.2) is 30.7 Å². The summed E-state index contributed by atoms with van der Waals surface area (Å²) in [5, 5.41) is 6.46. The van der Waals surface area contributed by atoms with Crippen LogP contribution in [0.4, 0.5) is 26.1 Å². The Balaban J connectivity index is 1.52. The summed E-state index contributed by atoms with van der Waals surface area (Å²) in [6.45, 7) is 6.96. The van der Waals surface area contributed by atoms with Gasteiger partial charge in [0.1, 0.15) is 29.6 Å². The molecule has 33 heavy (non-hydrogen) atoms. The Morgan fingerprint density at radius 2 is 1.82 bits per heavy atom. The van der Waals surface area contributed by atoms with Crippen LogP contribution >= 0.6 is 11.6 Å². The summed E-state index contributed by atoms with van der Waals surface area (Å²) in [6, 6.07) is 4.13. The monoisotopic (exact) mass is 471 g/mol. The molecule has 0 spiro atoms. The molecule has 172 valence electrons. The molecule has 2 aliphatic heterocycles. The minimum Gasteiger partial charge on any atom is -0.367 e. The number of hydrogen-bond donors (Lipinski definition) is 2. The van der Waals surface area contributed by atoms with E-state index in [1.807, 2.05) is 17.9 Å². The number of benzene rings is 1. The van der Waals surface area contributed by atoms with Gasteiger partial charge < -0.3 is 20.4 Å². The van der Waals surface area contributed by atoms with Crippen molar-refractivity contribution in [1.82, 2.24) is 20.3 Å². The summed E-state index contributed by atoms with van der Waals surface area (Å²) in [6.07, 6.45) is 3.37. The second-order valence-electron chi connectivity index (χ2n) is 8.16. The minimum atomic E-state index is -0.631. The predicted molar refractivity (Wildman–Crippen MR) is 126 cm³/mol. The van der Waals surface area contributed by atoms with E-state index in [0.717, 1.165) is 66.6 Å². The Bertz CT molecular complexity index is 1180. The molecule has 0 amide bonds. The number of halogens is 3. The molecule has 0 aliphatic carbocycles. The topological polar surface area (TPSA) is 69.2 Å². The van der Waals surface area contributed by atoms with Crippen LogP contribution in [0.25, 0.3) is 11.3 Å². The Morgan fingerprint density at radius 1 is 1.03 bits per heavy atom. The van der Waals surface area contributed by atoms with E-state index < -0.39 is 11.6 Å². The summed E-state index contributed by atoms with van der Waals surface area (Å²) in [7, 11) is 0. The number of fused-ring (bicyclic) bond motifs is 1. The number of pyridine rings is 1. The van der Waals surface area contributed by atoms with E-state index in [1.54, 1.807) is 12.5 Å². The quantitative estimate of drug-likeness (QED) is 0.563. The van der Waals surface area contributed by atoms with Gasteiger partial charge in [-0.1, -0.05) is 11.6 Å². The Morgan fingerprint density at radius 3 is 2.64 bits per heavy atom. The van der Waals surface area contributed by atoms with E-state index >= 15 is 0 Å². The van der Waals surface area contributed by atoms with E-state index in [0.29, 0.717) is 18.9 Å². The SMILES string of the molecule is Cc1c(-c2cc(N3CCNCC3)ncn2)cnc2c1N(Cc1c(F)ccc(F)c1Cl)CCN2. The van der Waals surface area contributed by atoms with Gasteiger partial charge in [-0.2, -0.15) is 0 Å². The van der Waals surface area contributed by atoms with Gasteiger partial charge in [0.25, 0.3) is 0 Å². The zero-order chi connectivity index (χ0) is 22.9. The number of nitrogens with zero attached hydrogens (tertiary/aromatic N) is 5. The Hall–Kier alpha value is -3.04. The predicted octanol–water partition coefficient (Wildman–Crippen LogP) is 3.62. The van der Waals surface area contributed by atoms with Crippen molar-refractivity contribution in [3.05, 3.63) is 58.5 Å². The molecule has 0 bridgehead atoms. The molecule has 0 unspecified atom stereocenters. The summed E-state index contributed by atoms with van der Waals surface area (Å²) in [5.41, 5.74) is 3.56. The van der Waals surface area contributed by atoms with Crippen LogP contribution in [0.2, 0.25) is 5.02 Å². The van der Waals surface area contributed by atoms with Crippen molar-refractivity contribution in [1.29, 1.82) is 0 Å². The first-order valence-corrected chi connectivity index (χ1v) is 11.3. The zero-order valence-electron chi connectivity index (χ0n) is 18.2. The van der Waals surface area contributed by atoms with Crippen LogP contribution in [-0.2, 0) is 6.54 Å². The van der Waals surface area contributed by atoms with Crippen molar-refractivity contribution in [2.24, 2.45) is 0 Å². The third kappa shape index (κ3) is 4.18. The van der Waals surface area contributed by atoms with Gasteiger partial charge in [-0.15, -0.1) is 0 Å². The molecular formula is C23H24ClF2N7. The molecule has 2 aromatic heterocycles. The molecule has 2 aliphatic rings. The van der Waals surface area contributed by atoms with Crippen LogP contribution in [0.5, 0.6) is 0 Å². The van der Waals surface area contributed by atoms with Crippen LogP contribution in [-0.4, -0.2) is 54.2 Å². The lowest BCUT2D eigenvalue weighted by Gasteiger charge is -2.34. The third-order valence-corrected chi connectivity index (χ3v) is 6.56. The van der Waals surface area contributed by atoms with Crippen molar-refractivity contribution in [3.63, 3.8) is 0 Å². The number of hydrogen-bond acceptors (Lipinski definition) is 7. The minimum absolute atomic E-state index is 0.136. The Kier molecular flexibility index (Phi) is 5.99. The van der Waals surface area contributed by atoms with E-state index in [9.17, 15) is 8.78 Å². The van der Waals surface area contributed by atoms with Gasteiger partial charge in [-0.05, 0) is 24.6 Å². The van der Waals surface area contributed by atoms with E-state index in [4.69, 9.17) is 11.6 Å². The van der Waals surface area contributed by atoms with E-state index in [-0.39, 0.29) is 17.1 Å². The second kappa shape index (κ2) is 9.07. The number of nitrogens with one attached hydrogen (secondary N) is 2. The molecule has 0 saturated carbocycles. The fourth-order valence-electron chi connectivity index (χ4n) is 4.41. The standard InChI is InChI=1S/C23H24ClF2N7/c1-14-15(19-10-20(31-13-30-19)32-7-4-27-5-8-32)11-29-23-22(14)33(9-6-28-23)12-16-17(25)2-3-18(26)21(16)24/h2-3,10-11,13,27H,4-9,12H2,1H3,(H,28,29). The molecule has 0 radical (unpaired) electrons. The van der Waals surface area contributed by atoms with Gasteiger partial charge in [-0.25, -0.2) is 23.7 Å². The van der Waals surface area contributed by atoms with Crippen molar-refractivity contribution < 1.29 is 8.78 Å². The largest absolute Gasteiger partial charge is 0.367 e. The van der Waals surface area contributed by atoms with Crippen LogP contribution in [0.3, 0.4) is 0 Å². The number of aromatic nitrogens is 3. The summed E-state index contributed by atoms with van der Waals surface area (Å²) in [5.74, 6) is 0.419. The van der Waals surface area contributed by atoms with E-state index in [1.165, 1.54) is 0 Å². The molecule has 7 nitrogen and oxygen atoms in total. The normalized spacial score (nSPS) is 15.9. The molecule has 1 fully saturated rings. The maximum Gasteiger partial charge on any atom is 0.149 e. The average molecular weight is 472 g/mol. The van der Waals surface area contributed by atoms with Gasteiger partial charge in [-0.3, -0.25) is 0 Å². The van der Waals surface area contributed by atoms with Crippen molar-refractivity contribution in [2.75, 3.05) is 54.4 Å². The van der Waals surface area contributed by atoms with E-state index in [2.05, 4.69) is 30.5 Å². The smallest absolute Gasteiger partial charge is 0.149 e. The lowest BCUT2D eigenvalue weighted by molar-refractivity contribution is 0.581. The highest BCUT2D eigenvalue weighted by Gasteiger charge is 2.25. The summed E-state index contributed by atoms with van der Waals surface area (Å²) < 4.78 is 28.5. The number of rotatable bonds is 4. The first-order valence-electron chi connectivity index (χ1n) is 10.9. The second-order valence-corrected chi connectivity index (χ2v) is 8.54. The zero-order valence-corrected chi connectivity index (χ0v) is 19.0. The van der Waals surface area contributed by atoms with Gasteiger partial charge in [0.05, 0.1) is 16.4 Å². The van der Waals surface area contributed by atoms with Crippen LogP contribution < -0.4 is 20.4 Å². The lowest BCUT2D eigenvalue weighted by atomic mass is 10.0. The highest BCUT2D eigenvalue weighted by molar-refractivity contribution is 6.31. The van der Waals surface area contributed by atoms with Crippen LogP contribution in [0, 0.1) is 18.6 Å². The molecule has 2 N–H and O–H groups in total. The van der Waals surface area contributed by atoms with Gasteiger partial charge in [0.15, 0.2) is 0 Å². The Labute approximate surface area is 195 Å². The molecule has 10 heteroatoms. The molecule has 5 rings (SSSR count). The fourth-order valence-corrected chi connectivity index (χ4v) is 4.63. The maximum absolute atomic E-state index is 14.5. The number of anilines is 3.